The third-order valence-electron chi connectivity index (χ3n) is 1.73. The molecule has 74 valence electrons. The van der Waals surface area contributed by atoms with Gasteiger partial charge in [0.05, 0.1) is 11.1 Å². The monoisotopic (exact) mass is 201 g/mol. The van der Waals surface area contributed by atoms with Gasteiger partial charge in [-0.2, -0.15) is 5.10 Å². The Morgan fingerprint density at radius 2 is 2.38 bits per heavy atom. The van der Waals surface area contributed by atoms with Crippen LogP contribution in [0.1, 0.15) is 20.3 Å². The van der Waals surface area contributed by atoms with Gasteiger partial charge in [0.1, 0.15) is 11.0 Å². The number of rotatable bonds is 5. The van der Waals surface area contributed by atoms with E-state index in [-0.39, 0.29) is 0 Å². The fourth-order valence-corrected chi connectivity index (χ4v) is 2.27. The van der Waals surface area contributed by atoms with Crippen molar-refractivity contribution in [1.29, 1.82) is 0 Å². The van der Waals surface area contributed by atoms with E-state index in [2.05, 4.69) is 17.1 Å². The van der Waals surface area contributed by atoms with E-state index in [9.17, 15) is 4.21 Å². The molecule has 1 atom stereocenters. The van der Waals surface area contributed by atoms with Crippen molar-refractivity contribution in [3.63, 3.8) is 0 Å². The third kappa shape index (κ3) is 2.63. The van der Waals surface area contributed by atoms with Crippen molar-refractivity contribution >= 4 is 11.0 Å². The average Bonchev–Trinajstić information content (AvgIpc) is 2.65. The van der Waals surface area contributed by atoms with Crippen LogP contribution in [0.2, 0.25) is 0 Å². The summed E-state index contributed by atoms with van der Waals surface area (Å²) in [6.07, 6.45) is 4.29. The highest BCUT2D eigenvalue weighted by atomic mass is 32.2. The molecule has 4 nitrogen and oxygen atoms in total. The summed E-state index contributed by atoms with van der Waals surface area (Å²) in [5, 5.41) is 6.44. The first-order valence-electron chi connectivity index (χ1n) is 4.45. The lowest BCUT2D eigenvalue weighted by Gasteiger charge is -2.16. The average molecular weight is 201 g/mol. The molecule has 1 unspecified atom stereocenters. The predicted octanol–water partition coefficient (Wildman–Crippen LogP) is 1.16. The van der Waals surface area contributed by atoms with Crippen molar-refractivity contribution in [3.8, 4) is 0 Å². The van der Waals surface area contributed by atoms with Crippen LogP contribution >= 0.6 is 0 Å². The van der Waals surface area contributed by atoms with Gasteiger partial charge in [-0.3, -0.25) is 5.10 Å². The van der Waals surface area contributed by atoms with Crippen LogP contribution in [0.4, 0.5) is 0 Å². The summed E-state index contributed by atoms with van der Waals surface area (Å²) in [5.41, 5.74) is 0. The highest BCUT2D eigenvalue weighted by molar-refractivity contribution is 7.82. The highest BCUT2D eigenvalue weighted by Crippen LogP contribution is 2.08. The standard InChI is InChI=1S/C8H15N3OS/c1-3-5-11(4-2)13(12)8-6-9-10-7-8/h6-7H,3-5H2,1-2H3,(H,9,10). The number of hydrogen-bond acceptors (Lipinski definition) is 2. The van der Waals surface area contributed by atoms with Crippen molar-refractivity contribution < 1.29 is 4.21 Å². The molecule has 1 aromatic heterocycles. The Morgan fingerprint density at radius 3 is 2.85 bits per heavy atom. The second-order valence-electron chi connectivity index (χ2n) is 2.70. The van der Waals surface area contributed by atoms with Crippen LogP contribution in [-0.2, 0) is 11.0 Å². The smallest absolute Gasteiger partial charge is 0.130 e. The van der Waals surface area contributed by atoms with Gasteiger partial charge >= 0.3 is 0 Å². The molecule has 0 aliphatic rings. The molecule has 13 heavy (non-hydrogen) atoms. The maximum Gasteiger partial charge on any atom is 0.130 e. The predicted molar refractivity (Wildman–Crippen MR) is 52.5 cm³/mol. The molecule has 0 saturated carbocycles. The summed E-state index contributed by atoms with van der Waals surface area (Å²) >= 11 is 0. The van der Waals surface area contributed by atoms with E-state index in [0.29, 0.717) is 0 Å². The molecule has 0 spiro atoms. The summed E-state index contributed by atoms with van der Waals surface area (Å²) < 4.78 is 13.7. The van der Waals surface area contributed by atoms with E-state index in [4.69, 9.17) is 0 Å². The number of aromatic amines is 1. The van der Waals surface area contributed by atoms with Crippen molar-refractivity contribution in [1.82, 2.24) is 14.5 Å². The highest BCUT2D eigenvalue weighted by Gasteiger charge is 2.12. The maximum absolute atomic E-state index is 11.8. The van der Waals surface area contributed by atoms with E-state index in [1.165, 1.54) is 0 Å². The fourth-order valence-electron chi connectivity index (χ4n) is 1.09. The number of H-pyrrole nitrogens is 1. The Bertz CT molecular complexity index is 260. The largest absolute Gasteiger partial charge is 0.284 e. The van der Waals surface area contributed by atoms with Gasteiger partial charge in [0, 0.05) is 19.3 Å². The molecule has 0 bridgehead atoms. The Morgan fingerprint density at radius 1 is 1.62 bits per heavy atom. The van der Waals surface area contributed by atoms with E-state index >= 15 is 0 Å². The third-order valence-corrected chi connectivity index (χ3v) is 3.27. The van der Waals surface area contributed by atoms with Gasteiger partial charge in [0.2, 0.25) is 0 Å². The van der Waals surface area contributed by atoms with Gasteiger partial charge in [-0.1, -0.05) is 13.8 Å². The van der Waals surface area contributed by atoms with Crippen LogP contribution in [0, 0.1) is 0 Å². The second kappa shape index (κ2) is 5.14. The summed E-state index contributed by atoms with van der Waals surface area (Å²) in [4.78, 5) is 0.746. The zero-order chi connectivity index (χ0) is 9.68. The topological polar surface area (TPSA) is 49.0 Å². The zero-order valence-electron chi connectivity index (χ0n) is 7.99. The minimum absolute atomic E-state index is 0.746. The van der Waals surface area contributed by atoms with Gasteiger partial charge in [-0.15, -0.1) is 0 Å². The molecule has 1 aromatic rings. The summed E-state index contributed by atoms with van der Waals surface area (Å²) in [5.74, 6) is 0. The van der Waals surface area contributed by atoms with Gasteiger partial charge in [0.25, 0.3) is 0 Å². The van der Waals surface area contributed by atoms with Crippen LogP contribution < -0.4 is 0 Å². The number of nitrogens with one attached hydrogen (secondary N) is 1. The number of aromatic nitrogens is 2. The van der Waals surface area contributed by atoms with Crippen LogP contribution in [0.3, 0.4) is 0 Å². The minimum atomic E-state index is -1.05. The number of hydrogen-bond donors (Lipinski definition) is 1. The van der Waals surface area contributed by atoms with Crippen LogP contribution in [0.5, 0.6) is 0 Å². The van der Waals surface area contributed by atoms with Crippen LogP contribution in [-0.4, -0.2) is 31.8 Å². The Kier molecular flexibility index (Phi) is 4.11. The molecular weight excluding hydrogens is 186 g/mol. The van der Waals surface area contributed by atoms with Crippen molar-refractivity contribution in [2.45, 2.75) is 25.2 Å². The van der Waals surface area contributed by atoms with Crippen molar-refractivity contribution in [2.24, 2.45) is 0 Å². The van der Waals surface area contributed by atoms with Crippen molar-refractivity contribution in [3.05, 3.63) is 12.4 Å². The van der Waals surface area contributed by atoms with E-state index in [0.717, 1.165) is 24.4 Å². The summed E-state index contributed by atoms with van der Waals surface area (Å²) in [7, 11) is -1.05. The lowest BCUT2D eigenvalue weighted by molar-refractivity contribution is 0.464. The second-order valence-corrected chi connectivity index (χ2v) is 4.19. The van der Waals surface area contributed by atoms with Gasteiger partial charge in [-0.05, 0) is 6.42 Å². The van der Waals surface area contributed by atoms with Gasteiger partial charge < -0.3 is 0 Å². The normalized spacial score (nSPS) is 13.5. The zero-order valence-corrected chi connectivity index (χ0v) is 8.80. The van der Waals surface area contributed by atoms with Crippen molar-refractivity contribution in [2.75, 3.05) is 13.1 Å². The number of nitrogens with zero attached hydrogens (tertiary/aromatic N) is 2. The molecule has 1 N–H and O–H groups in total. The quantitative estimate of drug-likeness (QED) is 0.777. The van der Waals surface area contributed by atoms with E-state index in [1.54, 1.807) is 12.4 Å². The molecule has 0 amide bonds. The Labute approximate surface area is 80.9 Å². The Hall–Kier alpha value is -0.680. The van der Waals surface area contributed by atoms with E-state index in [1.807, 2.05) is 11.2 Å². The summed E-state index contributed by atoms with van der Waals surface area (Å²) in [6.45, 7) is 5.74. The molecule has 0 aliphatic carbocycles. The Balaban J connectivity index is 2.65. The molecule has 0 aliphatic heterocycles. The molecule has 1 heterocycles. The lowest BCUT2D eigenvalue weighted by Crippen LogP contribution is -2.26. The first-order valence-corrected chi connectivity index (χ1v) is 5.55. The fraction of sp³-hybridized carbons (Fsp3) is 0.625. The maximum atomic E-state index is 11.8. The van der Waals surface area contributed by atoms with Crippen LogP contribution in [0.25, 0.3) is 0 Å². The molecule has 0 saturated heterocycles. The first-order chi connectivity index (χ1) is 6.29. The van der Waals surface area contributed by atoms with Crippen LogP contribution in [0.15, 0.2) is 17.3 Å². The molecule has 0 aromatic carbocycles. The van der Waals surface area contributed by atoms with Gasteiger partial charge in [0.15, 0.2) is 0 Å². The minimum Gasteiger partial charge on any atom is -0.284 e. The molecule has 5 heteroatoms. The van der Waals surface area contributed by atoms with E-state index < -0.39 is 11.0 Å². The SMILES string of the molecule is CCCN(CC)S(=O)c1cn[nH]c1. The molecular formula is C8H15N3OS. The summed E-state index contributed by atoms with van der Waals surface area (Å²) in [6, 6.07) is 0. The molecule has 0 fully saturated rings. The van der Waals surface area contributed by atoms with Gasteiger partial charge in [-0.25, -0.2) is 8.51 Å². The molecule has 1 rings (SSSR count). The molecule has 0 radical (unpaired) electrons. The lowest BCUT2D eigenvalue weighted by atomic mass is 10.5. The first kappa shape index (κ1) is 10.4.